The van der Waals surface area contributed by atoms with Crippen molar-refractivity contribution in [1.29, 1.82) is 0 Å². The molecule has 0 N–H and O–H groups in total. The van der Waals surface area contributed by atoms with Crippen LogP contribution < -0.4 is 4.74 Å². The standard InChI is InChI=1S/C18H15F2NO4S/c1-11-14(21-17(24-11)15-3-2-8-26-15)10-23-16(22)9-12-4-6-13(7-5-12)25-18(19)20/h2-8,18H,9-10H2,1H3. The summed E-state index contributed by atoms with van der Waals surface area (Å²) < 4.78 is 39.3. The molecule has 0 aliphatic rings. The van der Waals surface area contributed by atoms with Gasteiger partial charge in [-0.15, -0.1) is 11.3 Å². The van der Waals surface area contributed by atoms with Gasteiger partial charge in [-0.1, -0.05) is 18.2 Å². The van der Waals surface area contributed by atoms with E-state index in [1.54, 1.807) is 6.92 Å². The number of aromatic nitrogens is 1. The number of hydrogen-bond donors (Lipinski definition) is 0. The third-order valence-electron chi connectivity index (χ3n) is 3.49. The summed E-state index contributed by atoms with van der Waals surface area (Å²) in [5.41, 5.74) is 1.19. The van der Waals surface area contributed by atoms with Crippen molar-refractivity contribution in [3.05, 3.63) is 58.8 Å². The minimum atomic E-state index is -2.88. The van der Waals surface area contributed by atoms with Crippen LogP contribution in [0.2, 0.25) is 0 Å². The first-order valence-electron chi connectivity index (χ1n) is 7.71. The minimum absolute atomic E-state index is 0.00607. The molecule has 0 saturated heterocycles. The zero-order valence-electron chi connectivity index (χ0n) is 13.8. The molecular formula is C18H15F2NO4S. The van der Waals surface area contributed by atoms with Gasteiger partial charge in [0, 0.05) is 0 Å². The van der Waals surface area contributed by atoms with Gasteiger partial charge in [-0.2, -0.15) is 8.78 Å². The number of ether oxygens (including phenoxy) is 2. The predicted octanol–water partition coefficient (Wildman–Crippen LogP) is 4.60. The number of carbonyl (C=O) groups is 1. The highest BCUT2D eigenvalue weighted by molar-refractivity contribution is 7.13. The Bertz CT molecular complexity index is 860. The maximum Gasteiger partial charge on any atom is 0.387 e. The van der Waals surface area contributed by atoms with Crippen molar-refractivity contribution in [2.24, 2.45) is 0 Å². The van der Waals surface area contributed by atoms with E-state index >= 15 is 0 Å². The molecule has 1 aromatic carbocycles. The highest BCUT2D eigenvalue weighted by Crippen LogP contribution is 2.26. The van der Waals surface area contributed by atoms with Gasteiger partial charge in [0.2, 0.25) is 5.89 Å². The molecule has 3 rings (SSSR count). The summed E-state index contributed by atoms with van der Waals surface area (Å²) in [6.45, 7) is -1.11. The summed E-state index contributed by atoms with van der Waals surface area (Å²) in [6.07, 6.45) is 0.0175. The number of oxazole rings is 1. The Balaban J connectivity index is 1.54. The Hall–Kier alpha value is -2.74. The van der Waals surface area contributed by atoms with E-state index in [0.29, 0.717) is 22.9 Å². The van der Waals surface area contributed by atoms with E-state index < -0.39 is 12.6 Å². The summed E-state index contributed by atoms with van der Waals surface area (Å²) >= 11 is 1.51. The second kappa shape index (κ2) is 8.09. The lowest BCUT2D eigenvalue weighted by Crippen LogP contribution is -2.09. The molecule has 2 heterocycles. The zero-order valence-corrected chi connectivity index (χ0v) is 14.6. The van der Waals surface area contributed by atoms with Crippen LogP contribution in [0.1, 0.15) is 17.0 Å². The van der Waals surface area contributed by atoms with Crippen LogP contribution in [-0.2, 0) is 22.6 Å². The van der Waals surface area contributed by atoms with Gasteiger partial charge in [-0.3, -0.25) is 4.79 Å². The number of rotatable bonds is 7. The van der Waals surface area contributed by atoms with E-state index in [4.69, 9.17) is 9.15 Å². The molecule has 136 valence electrons. The number of thiophene rings is 1. The maximum absolute atomic E-state index is 12.1. The molecule has 0 unspecified atom stereocenters. The zero-order chi connectivity index (χ0) is 18.5. The van der Waals surface area contributed by atoms with Crippen LogP contribution >= 0.6 is 11.3 Å². The number of aryl methyl sites for hydroxylation is 1. The first-order chi connectivity index (χ1) is 12.5. The van der Waals surface area contributed by atoms with Crippen molar-refractivity contribution in [3.63, 3.8) is 0 Å². The molecule has 8 heteroatoms. The molecule has 0 atom stereocenters. The Kier molecular flexibility index (Phi) is 5.62. The van der Waals surface area contributed by atoms with E-state index in [9.17, 15) is 13.6 Å². The third-order valence-corrected chi connectivity index (χ3v) is 4.35. The Labute approximate surface area is 152 Å². The van der Waals surface area contributed by atoms with Crippen molar-refractivity contribution in [3.8, 4) is 16.5 Å². The van der Waals surface area contributed by atoms with E-state index in [0.717, 1.165) is 4.88 Å². The van der Waals surface area contributed by atoms with Crippen LogP contribution in [0, 0.1) is 6.92 Å². The van der Waals surface area contributed by atoms with Gasteiger partial charge in [-0.05, 0) is 36.1 Å². The van der Waals surface area contributed by atoms with Crippen molar-refractivity contribution < 1.29 is 27.5 Å². The fourth-order valence-electron chi connectivity index (χ4n) is 2.22. The Morgan fingerprint density at radius 3 is 2.69 bits per heavy atom. The van der Waals surface area contributed by atoms with Crippen molar-refractivity contribution in [1.82, 2.24) is 4.98 Å². The number of halogens is 2. The Morgan fingerprint density at radius 2 is 2.04 bits per heavy atom. The van der Waals surface area contributed by atoms with E-state index in [1.807, 2.05) is 17.5 Å². The van der Waals surface area contributed by atoms with Crippen molar-refractivity contribution >= 4 is 17.3 Å². The molecule has 0 amide bonds. The van der Waals surface area contributed by atoms with Crippen LogP contribution in [0.3, 0.4) is 0 Å². The van der Waals surface area contributed by atoms with Crippen LogP contribution in [0.25, 0.3) is 10.8 Å². The normalized spacial score (nSPS) is 10.9. The molecule has 0 spiro atoms. The average Bonchev–Trinajstić information content (AvgIpc) is 3.24. The molecule has 26 heavy (non-hydrogen) atoms. The summed E-state index contributed by atoms with van der Waals surface area (Å²) in [6, 6.07) is 9.63. The van der Waals surface area contributed by atoms with Gasteiger partial charge in [0.1, 0.15) is 23.8 Å². The molecule has 0 radical (unpaired) electrons. The van der Waals surface area contributed by atoms with Gasteiger partial charge < -0.3 is 13.9 Å². The van der Waals surface area contributed by atoms with Gasteiger partial charge in [0.25, 0.3) is 0 Å². The molecule has 3 aromatic rings. The highest BCUT2D eigenvalue weighted by Gasteiger charge is 2.14. The quantitative estimate of drug-likeness (QED) is 0.562. The lowest BCUT2D eigenvalue weighted by molar-refractivity contribution is -0.144. The first-order valence-corrected chi connectivity index (χ1v) is 8.59. The number of alkyl halides is 2. The summed E-state index contributed by atoms with van der Waals surface area (Å²) in [7, 11) is 0. The van der Waals surface area contributed by atoms with Crippen LogP contribution in [0.4, 0.5) is 8.78 Å². The smallest absolute Gasteiger partial charge is 0.387 e. The monoisotopic (exact) mass is 379 g/mol. The van der Waals surface area contributed by atoms with Gasteiger partial charge in [-0.25, -0.2) is 4.98 Å². The van der Waals surface area contributed by atoms with Gasteiger partial charge in [0.05, 0.1) is 11.3 Å². The maximum atomic E-state index is 12.1. The summed E-state index contributed by atoms with van der Waals surface area (Å²) in [4.78, 5) is 17.2. The van der Waals surface area contributed by atoms with Gasteiger partial charge >= 0.3 is 12.6 Å². The topological polar surface area (TPSA) is 61.6 Å². The van der Waals surface area contributed by atoms with Crippen molar-refractivity contribution in [2.45, 2.75) is 26.6 Å². The van der Waals surface area contributed by atoms with Crippen LogP contribution in [0.15, 0.2) is 46.2 Å². The van der Waals surface area contributed by atoms with Gasteiger partial charge in [0.15, 0.2) is 0 Å². The molecule has 5 nitrogen and oxygen atoms in total. The fraction of sp³-hybridized carbons (Fsp3) is 0.222. The number of benzene rings is 1. The predicted molar refractivity (Wildman–Crippen MR) is 91.1 cm³/mol. The number of carbonyl (C=O) groups excluding carboxylic acids is 1. The molecule has 0 aliphatic carbocycles. The van der Waals surface area contributed by atoms with Crippen LogP contribution in [0.5, 0.6) is 5.75 Å². The number of esters is 1. The number of nitrogens with zero attached hydrogens (tertiary/aromatic N) is 1. The minimum Gasteiger partial charge on any atom is -0.459 e. The summed E-state index contributed by atoms with van der Waals surface area (Å²) in [5.74, 6) is 0.678. The Morgan fingerprint density at radius 1 is 1.27 bits per heavy atom. The van der Waals surface area contributed by atoms with Crippen molar-refractivity contribution in [2.75, 3.05) is 0 Å². The lowest BCUT2D eigenvalue weighted by Gasteiger charge is -2.06. The average molecular weight is 379 g/mol. The second-order valence-electron chi connectivity index (χ2n) is 5.36. The third kappa shape index (κ3) is 4.66. The first kappa shape index (κ1) is 18.1. The molecule has 0 aliphatic heterocycles. The van der Waals surface area contributed by atoms with Crippen LogP contribution in [-0.4, -0.2) is 17.6 Å². The molecule has 0 fully saturated rings. The molecule has 0 saturated carbocycles. The van der Waals surface area contributed by atoms with E-state index in [1.165, 1.54) is 35.6 Å². The van der Waals surface area contributed by atoms with E-state index in [2.05, 4.69) is 9.72 Å². The highest BCUT2D eigenvalue weighted by atomic mass is 32.1. The molecule has 0 bridgehead atoms. The second-order valence-corrected chi connectivity index (χ2v) is 6.31. The molecule has 2 aromatic heterocycles. The SMILES string of the molecule is Cc1oc(-c2cccs2)nc1COC(=O)Cc1ccc(OC(F)F)cc1. The number of hydrogen-bond acceptors (Lipinski definition) is 6. The lowest BCUT2D eigenvalue weighted by atomic mass is 10.1. The fourth-order valence-corrected chi connectivity index (χ4v) is 2.87. The summed E-state index contributed by atoms with van der Waals surface area (Å²) in [5, 5.41) is 1.92. The molecular weight excluding hydrogens is 364 g/mol. The largest absolute Gasteiger partial charge is 0.459 e. The van der Waals surface area contributed by atoms with E-state index in [-0.39, 0.29) is 18.8 Å².